The van der Waals surface area contributed by atoms with E-state index in [4.69, 9.17) is 0 Å². The van der Waals surface area contributed by atoms with Gasteiger partial charge in [0, 0.05) is 43.8 Å². The molecule has 6 nitrogen and oxygen atoms in total. The van der Waals surface area contributed by atoms with Gasteiger partial charge in [-0.3, -0.25) is 4.98 Å². The van der Waals surface area contributed by atoms with Crippen LogP contribution in [-0.4, -0.2) is 45.1 Å². The molecule has 0 aromatic carbocycles. The van der Waals surface area contributed by atoms with E-state index in [0.29, 0.717) is 12.1 Å². The number of hydrogen-bond acceptors (Lipinski definition) is 6. The van der Waals surface area contributed by atoms with E-state index >= 15 is 0 Å². The van der Waals surface area contributed by atoms with E-state index in [0.717, 1.165) is 43.3 Å². The van der Waals surface area contributed by atoms with E-state index in [1.54, 1.807) is 18.7 Å². The zero-order valence-electron chi connectivity index (χ0n) is 13.5. The predicted molar refractivity (Wildman–Crippen MR) is 89.5 cm³/mol. The van der Waals surface area contributed by atoms with E-state index in [-0.39, 0.29) is 0 Å². The first kappa shape index (κ1) is 14.4. The van der Waals surface area contributed by atoms with Crippen LogP contribution in [0, 0.1) is 6.92 Å². The van der Waals surface area contributed by atoms with Crippen molar-refractivity contribution in [2.24, 2.45) is 0 Å². The molecule has 0 atom stereocenters. The summed E-state index contributed by atoms with van der Waals surface area (Å²) in [5.41, 5.74) is 1.01. The van der Waals surface area contributed by atoms with Crippen LogP contribution in [0.3, 0.4) is 0 Å². The first-order valence-electron chi connectivity index (χ1n) is 8.40. The van der Waals surface area contributed by atoms with Gasteiger partial charge >= 0.3 is 0 Å². The summed E-state index contributed by atoms with van der Waals surface area (Å²) in [5, 5.41) is 0. The summed E-state index contributed by atoms with van der Waals surface area (Å²) >= 11 is 0. The van der Waals surface area contributed by atoms with E-state index in [2.05, 4.69) is 29.7 Å². The summed E-state index contributed by atoms with van der Waals surface area (Å²) < 4.78 is 0. The molecule has 0 unspecified atom stereocenters. The van der Waals surface area contributed by atoms with Crippen molar-refractivity contribution >= 4 is 11.6 Å². The highest BCUT2D eigenvalue weighted by molar-refractivity contribution is 5.45. The van der Waals surface area contributed by atoms with Crippen LogP contribution >= 0.6 is 0 Å². The number of nitrogens with zero attached hydrogens (tertiary/aromatic N) is 6. The molecule has 2 aromatic rings. The lowest BCUT2D eigenvalue weighted by atomic mass is 10.0. The molecular weight excluding hydrogens is 288 g/mol. The summed E-state index contributed by atoms with van der Waals surface area (Å²) in [5.74, 6) is 2.11. The molecule has 1 aliphatic carbocycles. The summed E-state index contributed by atoms with van der Waals surface area (Å²) in [6.07, 6.45) is 11.9. The summed E-state index contributed by atoms with van der Waals surface area (Å²) in [4.78, 5) is 22.3. The second-order valence-electron chi connectivity index (χ2n) is 6.39. The van der Waals surface area contributed by atoms with Gasteiger partial charge in [-0.05, 0) is 38.7 Å². The predicted octanol–water partition coefficient (Wildman–Crippen LogP) is 2.21. The lowest BCUT2D eigenvalue weighted by Crippen LogP contribution is -2.46. The average molecular weight is 310 g/mol. The molecule has 0 N–H and O–H groups in total. The van der Waals surface area contributed by atoms with Crippen molar-refractivity contribution in [1.29, 1.82) is 0 Å². The zero-order chi connectivity index (χ0) is 15.6. The highest BCUT2D eigenvalue weighted by Gasteiger charge is 2.36. The van der Waals surface area contributed by atoms with Crippen LogP contribution < -0.4 is 9.80 Å². The van der Waals surface area contributed by atoms with Gasteiger partial charge in [0.15, 0.2) is 0 Å². The SMILES string of the molecule is Cc1nccnc1N1CCC(N(c2ccncn2)C2CC2)CC1. The maximum atomic E-state index is 4.51. The van der Waals surface area contributed by atoms with Crippen molar-refractivity contribution in [2.75, 3.05) is 22.9 Å². The fourth-order valence-electron chi connectivity index (χ4n) is 3.53. The largest absolute Gasteiger partial charge is 0.355 e. The fraction of sp³-hybridized carbons (Fsp3) is 0.529. The van der Waals surface area contributed by atoms with Crippen molar-refractivity contribution in [3.05, 3.63) is 36.7 Å². The molecule has 0 bridgehead atoms. The molecule has 2 fully saturated rings. The van der Waals surface area contributed by atoms with E-state index < -0.39 is 0 Å². The van der Waals surface area contributed by atoms with Crippen molar-refractivity contribution in [1.82, 2.24) is 19.9 Å². The van der Waals surface area contributed by atoms with Gasteiger partial charge in [0.05, 0.1) is 5.69 Å². The Labute approximate surface area is 136 Å². The Balaban J connectivity index is 1.47. The minimum absolute atomic E-state index is 0.561. The molecule has 0 spiro atoms. The Bertz CT molecular complexity index is 649. The van der Waals surface area contributed by atoms with E-state index in [9.17, 15) is 0 Å². The Morgan fingerprint density at radius 1 is 0.957 bits per heavy atom. The zero-order valence-corrected chi connectivity index (χ0v) is 13.5. The summed E-state index contributed by atoms with van der Waals surface area (Å²) in [6.45, 7) is 4.09. The third-order valence-corrected chi connectivity index (χ3v) is 4.78. The molecule has 6 heteroatoms. The molecule has 2 aliphatic rings. The molecule has 23 heavy (non-hydrogen) atoms. The van der Waals surface area contributed by atoms with Gasteiger partial charge in [-0.2, -0.15) is 0 Å². The lowest BCUT2D eigenvalue weighted by molar-refractivity contribution is 0.456. The molecule has 0 radical (unpaired) electrons. The third kappa shape index (κ3) is 2.98. The van der Waals surface area contributed by atoms with Crippen LogP contribution in [0.25, 0.3) is 0 Å². The Morgan fingerprint density at radius 2 is 1.70 bits per heavy atom. The van der Waals surface area contributed by atoms with Crippen LogP contribution in [0.15, 0.2) is 31.0 Å². The van der Waals surface area contributed by atoms with Crippen LogP contribution in [-0.2, 0) is 0 Å². The van der Waals surface area contributed by atoms with E-state index in [1.165, 1.54) is 12.8 Å². The molecule has 1 saturated carbocycles. The van der Waals surface area contributed by atoms with Gasteiger partial charge in [0.2, 0.25) is 0 Å². The van der Waals surface area contributed by atoms with Crippen LogP contribution in [0.2, 0.25) is 0 Å². The van der Waals surface area contributed by atoms with Crippen LogP contribution in [0.1, 0.15) is 31.4 Å². The summed E-state index contributed by atoms with van der Waals surface area (Å²) in [6, 6.07) is 3.27. The maximum Gasteiger partial charge on any atom is 0.150 e. The fourth-order valence-corrected chi connectivity index (χ4v) is 3.53. The smallest absolute Gasteiger partial charge is 0.150 e. The number of anilines is 2. The normalized spacial score (nSPS) is 18.9. The highest BCUT2D eigenvalue weighted by atomic mass is 15.3. The monoisotopic (exact) mass is 310 g/mol. The van der Waals surface area contributed by atoms with Gasteiger partial charge in [-0.15, -0.1) is 0 Å². The second kappa shape index (κ2) is 6.10. The van der Waals surface area contributed by atoms with Crippen molar-refractivity contribution in [2.45, 2.75) is 44.7 Å². The number of hydrogen-bond donors (Lipinski definition) is 0. The number of aromatic nitrogens is 4. The molecule has 4 rings (SSSR count). The van der Waals surface area contributed by atoms with Gasteiger partial charge < -0.3 is 9.80 Å². The molecule has 1 saturated heterocycles. The minimum atomic E-state index is 0.561. The van der Waals surface area contributed by atoms with Crippen molar-refractivity contribution in [3.8, 4) is 0 Å². The molecule has 0 amide bonds. The number of aryl methyl sites for hydroxylation is 1. The van der Waals surface area contributed by atoms with Gasteiger partial charge in [0.25, 0.3) is 0 Å². The van der Waals surface area contributed by atoms with Crippen LogP contribution in [0.4, 0.5) is 11.6 Å². The standard InChI is InChI=1S/C17H22N6/c1-13-17(20-9-8-19-13)22-10-5-15(6-11-22)23(14-2-3-14)16-4-7-18-12-21-16/h4,7-9,12,14-15H,2-3,5-6,10-11H2,1H3. The van der Waals surface area contributed by atoms with E-state index in [1.807, 2.05) is 19.2 Å². The maximum absolute atomic E-state index is 4.51. The quantitative estimate of drug-likeness (QED) is 0.863. The Hall–Kier alpha value is -2.24. The highest BCUT2D eigenvalue weighted by Crippen LogP contribution is 2.35. The second-order valence-corrected chi connectivity index (χ2v) is 6.39. The molecule has 120 valence electrons. The van der Waals surface area contributed by atoms with Crippen molar-refractivity contribution in [3.63, 3.8) is 0 Å². The van der Waals surface area contributed by atoms with Gasteiger partial charge in [-0.25, -0.2) is 15.0 Å². The Morgan fingerprint density at radius 3 is 2.35 bits per heavy atom. The minimum Gasteiger partial charge on any atom is -0.355 e. The summed E-state index contributed by atoms with van der Waals surface area (Å²) in [7, 11) is 0. The topological polar surface area (TPSA) is 58.0 Å². The van der Waals surface area contributed by atoms with Crippen molar-refractivity contribution < 1.29 is 0 Å². The molecular formula is C17H22N6. The first-order chi connectivity index (χ1) is 11.3. The van der Waals surface area contributed by atoms with Gasteiger partial charge in [-0.1, -0.05) is 0 Å². The Kier molecular flexibility index (Phi) is 3.81. The molecule has 3 heterocycles. The lowest BCUT2D eigenvalue weighted by Gasteiger charge is -2.40. The van der Waals surface area contributed by atoms with Gasteiger partial charge in [0.1, 0.15) is 18.0 Å². The van der Waals surface area contributed by atoms with Crippen LogP contribution in [0.5, 0.6) is 0 Å². The average Bonchev–Trinajstić information content (AvgIpc) is 3.42. The molecule has 2 aromatic heterocycles. The number of piperidine rings is 1. The molecule has 1 aliphatic heterocycles. The third-order valence-electron chi connectivity index (χ3n) is 4.78. The number of rotatable bonds is 4. The first-order valence-corrected chi connectivity index (χ1v) is 8.40.